The molecular weight excluding hydrogens is 396 g/mol. The molecule has 0 aliphatic carbocycles. The number of carboxylic acids is 1. The molecule has 32 heavy (non-hydrogen) atoms. The van der Waals surface area contributed by atoms with Crippen LogP contribution in [0.2, 0.25) is 0 Å². The molecule has 0 heterocycles. The molecule has 2 aromatic carbocycles. The lowest BCUT2D eigenvalue weighted by atomic mass is 9.69. The molecule has 2 rings (SSSR count). The van der Waals surface area contributed by atoms with Gasteiger partial charge in [-0.05, 0) is 71.9 Å². The number of aryl methyl sites for hydroxylation is 3. The summed E-state index contributed by atoms with van der Waals surface area (Å²) in [5.74, 6) is -0.760. The van der Waals surface area contributed by atoms with E-state index in [4.69, 9.17) is 5.11 Å². The van der Waals surface area contributed by atoms with Crippen LogP contribution in [0, 0.1) is 19.3 Å². The average Bonchev–Trinajstić information content (AvgIpc) is 2.72. The van der Waals surface area contributed by atoms with Crippen LogP contribution in [0.1, 0.15) is 87.3 Å². The van der Waals surface area contributed by atoms with Crippen LogP contribution in [0.25, 0.3) is 6.08 Å². The Morgan fingerprint density at radius 3 is 2.00 bits per heavy atom. The third-order valence-corrected chi connectivity index (χ3v) is 6.88. The van der Waals surface area contributed by atoms with Crippen LogP contribution in [0.4, 0.5) is 0 Å². The molecule has 0 fully saturated rings. The van der Waals surface area contributed by atoms with E-state index in [1.165, 1.54) is 16.7 Å². The zero-order valence-corrected chi connectivity index (χ0v) is 20.8. The van der Waals surface area contributed by atoms with Crippen molar-refractivity contribution < 1.29 is 15.0 Å². The molecule has 3 heteroatoms. The highest BCUT2D eigenvalue weighted by Gasteiger charge is 2.31. The summed E-state index contributed by atoms with van der Waals surface area (Å²) in [7, 11) is 0. The summed E-state index contributed by atoms with van der Waals surface area (Å²) in [5.41, 5.74) is 6.89. The molecule has 0 saturated heterocycles. The van der Waals surface area contributed by atoms with Crippen LogP contribution in [-0.2, 0) is 16.6 Å². The Balaban J connectivity index is 2.41. The zero-order valence-electron chi connectivity index (χ0n) is 20.8. The normalized spacial score (nSPS) is 13.5. The van der Waals surface area contributed by atoms with E-state index in [1.807, 2.05) is 32.9 Å². The van der Waals surface area contributed by atoms with Crippen molar-refractivity contribution >= 4 is 12.0 Å². The van der Waals surface area contributed by atoms with Gasteiger partial charge < -0.3 is 10.2 Å². The molecule has 2 N–H and O–H groups in total. The largest absolute Gasteiger partial charge is 0.481 e. The van der Waals surface area contributed by atoms with Gasteiger partial charge in [0.1, 0.15) is 0 Å². The predicted octanol–water partition coefficient (Wildman–Crippen LogP) is 6.85. The van der Waals surface area contributed by atoms with E-state index in [2.05, 4.69) is 64.1 Å². The highest BCUT2D eigenvalue weighted by Crippen LogP contribution is 2.40. The second-order valence-electron chi connectivity index (χ2n) is 10.1. The third-order valence-electron chi connectivity index (χ3n) is 6.88. The summed E-state index contributed by atoms with van der Waals surface area (Å²) in [6, 6.07) is 13.2. The molecule has 0 aliphatic heterocycles. The van der Waals surface area contributed by atoms with Gasteiger partial charge in [-0.25, -0.2) is 0 Å². The van der Waals surface area contributed by atoms with Crippen LogP contribution in [0.5, 0.6) is 0 Å². The fraction of sp³-hybridized carbons (Fsp3) is 0.483. The Hall–Kier alpha value is -2.39. The van der Waals surface area contributed by atoms with E-state index in [0.29, 0.717) is 6.42 Å². The second kappa shape index (κ2) is 10.5. The van der Waals surface area contributed by atoms with Crippen molar-refractivity contribution in [3.05, 3.63) is 75.9 Å². The number of hydrogen-bond donors (Lipinski definition) is 2. The minimum atomic E-state index is -0.760. The average molecular weight is 437 g/mol. The summed E-state index contributed by atoms with van der Waals surface area (Å²) in [6.07, 6.45) is 6.10. The number of hydrogen-bond acceptors (Lipinski definition) is 2. The van der Waals surface area contributed by atoms with Gasteiger partial charge in [0.2, 0.25) is 0 Å². The lowest BCUT2D eigenvalue weighted by Crippen LogP contribution is -2.26. The van der Waals surface area contributed by atoms with E-state index < -0.39 is 12.1 Å². The topological polar surface area (TPSA) is 57.5 Å². The van der Waals surface area contributed by atoms with Gasteiger partial charge in [0, 0.05) is 11.8 Å². The number of aliphatic hydroxyl groups excluding tert-OH is 1. The van der Waals surface area contributed by atoms with Crippen molar-refractivity contribution in [3.63, 3.8) is 0 Å². The van der Waals surface area contributed by atoms with E-state index >= 15 is 0 Å². The highest BCUT2D eigenvalue weighted by molar-refractivity contribution is 5.67. The first-order valence-corrected chi connectivity index (χ1v) is 11.7. The van der Waals surface area contributed by atoms with Gasteiger partial charge >= 0.3 is 5.97 Å². The zero-order chi connectivity index (χ0) is 24.1. The summed E-state index contributed by atoms with van der Waals surface area (Å²) >= 11 is 0. The minimum absolute atomic E-state index is 0.0893. The maximum absolute atomic E-state index is 11.0. The molecule has 0 aromatic heterocycles. The second-order valence-corrected chi connectivity index (χ2v) is 10.1. The van der Waals surface area contributed by atoms with E-state index in [9.17, 15) is 9.90 Å². The van der Waals surface area contributed by atoms with Crippen LogP contribution >= 0.6 is 0 Å². The number of aliphatic hydroxyl groups is 1. The van der Waals surface area contributed by atoms with Crippen molar-refractivity contribution in [1.82, 2.24) is 0 Å². The third kappa shape index (κ3) is 5.89. The Labute approximate surface area is 194 Å². The fourth-order valence-corrected chi connectivity index (χ4v) is 4.39. The fourth-order valence-electron chi connectivity index (χ4n) is 4.39. The first-order chi connectivity index (χ1) is 14.9. The van der Waals surface area contributed by atoms with Gasteiger partial charge in [0.25, 0.3) is 0 Å². The summed E-state index contributed by atoms with van der Waals surface area (Å²) in [5, 5.41) is 19.4. The maximum atomic E-state index is 11.0. The van der Waals surface area contributed by atoms with Crippen LogP contribution < -0.4 is 0 Å². The Bertz CT molecular complexity index is 959. The summed E-state index contributed by atoms with van der Waals surface area (Å²) < 4.78 is 0. The van der Waals surface area contributed by atoms with Gasteiger partial charge in [0.15, 0.2) is 0 Å². The lowest BCUT2D eigenvalue weighted by molar-refractivity contribution is -0.136. The van der Waals surface area contributed by atoms with Crippen molar-refractivity contribution in [2.75, 3.05) is 0 Å². The van der Waals surface area contributed by atoms with Crippen molar-refractivity contribution in [3.8, 4) is 0 Å². The number of carboxylic acid groups (broad SMARTS) is 1. The monoisotopic (exact) mass is 436 g/mol. The molecule has 0 radical (unpaired) electrons. The van der Waals surface area contributed by atoms with Gasteiger partial charge in [-0.15, -0.1) is 0 Å². The molecule has 0 aliphatic rings. The SMILES string of the molecule is CCC(CC)(c1ccc(/C=C/C(O)C(C)(C)C)c(C)c1)c1ccc(CCC(=O)O)c(C)c1. The molecule has 0 amide bonds. The lowest BCUT2D eigenvalue weighted by Gasteiger charge is -2.34. The van der Waals surface area contributed by atoms with Gasteiger partial charge in [0.05, 0.1) is 6.10 Å². The molecule has 0 saturated carbocycles. The van der Waals surface area contributed by atoms with Crippen LogP contribution in [0.3, 0.4) is 0 Å². The van der Waals surface area contributed by atoms with Gasteiger partial charge in [-0.2, -0.15) is 0 Å². The molecule has 3 nitrogen and oxygen atoms in total. The molecule has 2 aromatic rings. The van der Waals surface area contributed by atoms with E-state index in [-0.39, 0.29) is 17.3 Å². The first kappa shape index (κ1) is 25.9. The quantitative estimate of drug-likeness (QED) is 0.452. The van der Waals surface area contributed by atoms with Crippen molar-refractivity contribution in [2.24, 2.45) is 5.41 Å². The molecular formula is C29H40O3. The van der Waals surface area contributed by atoms with Crippen molar-refractivity contribution in [1.29, 1.82) is 0 Å². The number of rotatable bonds is 9. The molecule has 0 bridgehead atoms. The number of carbonyl (C=O) groups is 1. The smallest absolute Gasteiger partial charge is 0.303 e. The molecule has 1 atom stereocenters. The highest BCUT2D eigenvalue weighted by atomic mass is 16.4. The first-order valence-electron chi connectivity index (χ1n) is 11.7. The van der Waals surface area contributed by atoms with Crippen molar-refractivity contribution in [2.45, 2.75) is 85.7 Å². The van der Waals surface area contributed by atoms with Gasteiger partial charge in [-0.1, -0.05) is 83.2 Å². The van der Waals surface area contributed by atoms with E-state index in [0.717, 1.165) is 29.5 Å². The van der Waals surface area contributed by atoms with Crippen LogP contribution in [-0.4, -0.2) is 22.3 Å². The molecule has 1 unspecified atom stereocenters. The standard InChI is InChI=1S/C29H40O3/c1-8-29(9-2,25-15-11-23(21(4)19-25)13-17-27(31)32)24-14-10-22(20(3)18-24)12-16-26(30)28(5,6)7/h10-12,14-16,18-19,26,30H,8-9,13,17H2,1-7H3,(H,31,32)/b16-12+. The van der Waals surface area contributed by atoms with Gasteiger partial charge in [-0.3, -0.25) is 4.79 Å². The summed E-state index contributed by atoms with van der Waals surface area (Å²) in [4.78, 5) is 11.0. The summed E-state index contributed by atoms with van der Waals surface area (Å²) in [6.45, 7) is 14.8. The number of benzene rings is 2. The Kier molecular flexibility index (Phi) is 8.47. The Morgan fingerprint density at radius 2 is 1.53 bits per heavy atom. The minimum Gasteiger partial charge on any atom is -0.481 e. The Morgan fingerprint density at radius 1 is 0.969 bits per heavy atom. The predicted molar refractivity (Wildman–Crippen MR) is 134 cm³/mol. The maximum Gasteiger partial charge on any atom is 0.303 e. The van der Waals surface area contributed by atoms with E-state index in [1.54, 1.807) is 0 Å². The number of aliphatic carboxylic acids is 1. The van der Waals surface area contributed by atoms with Crippen LogP contribution in [0.15, 0.2) is 42.5 Å². The molecule has 174 valence electrons. The molecule has 0 spiro atoms.